The number of primary sulfonamides is 1. The van der Waals surface area contributed by atoms with E-state index >= 15 is 0 Å². The van der Waals surface area contributed by atoms with Gasteiger partial charge in [-0.05, 0) is 43.3 Å². The predicted octanol–water partition coefficient (Wildman–Crippen LogP) is 1.68. The third kappa shape index (κ3) is 4.56. The van der Waals surface area contributed by atoms with Gasteiger partial charge in [-0.1, -0.05) is 18.2 Å². The van der Waals surface area contributed by atoms with E-state index in [1.807, 2.05) is 18.2 Å². The molecule has 3 rings (SSSR count). The number of amides is 1. The standard InChI is InChI=1S/C19H18N2O6S/c1-12(18(22)21-15-6-8-16(9-7-15)28(20,24)25)27-19(23)14-10-13-4-2-3-5-17(13)26-11-14/h2-10,12H,11H2,1H3,(H,21,22)(H2,20,24,25)/t12-/m0/s1. The highest BCUT2D eigenvalue weighted by molar-refractivity contribution is 7.89. The average Bonchev–Trinajstić information content (AvgIpc) is 2.67. The molecule has 9 heteroatoms. The molecule has 0 spiro atoms. The number of fused-ring (bicyclic) bond motifs is 1. The third-order valence-electron chi connectivity index (χ3n) is 4.00. The number of hydrogen-bond acceptors (Lipinski definition) is 6. The van der Waals surface area contributed by atoms with Crippen LogP contribution in [0.4, 0.5) is 5.69 Å². The van der Waals surface area contributed by atoms with Crippen LogP contribution in [0.3, 0.4) is 0 Å². The van der Waals surface area contributed by atoms with Crippen molar-refractivity contribution in [2.75, 3.05) is 11.9 Å². The number of ether oxygens (including phenoxy) is 2. The van der Waals surface area contributed by atoms with Gasteiger partial charge in [0.1, 0.15) is 12.4 Å². The molecule has 3 N–H and O–H groups in total. The zero-order valence-electron chi connectivity index (χ0n) is 14.9. The highest BCUT2D eigenvalue weighted by atomic mass is 32.2. The van der Waals surface area contributed by atoms with Crippen molar-refractivity contribution in [3.05, 3.63) is 59.7 Å². The quantitative estimate of drug-likeness (QED) is 0.733. The first kappa shape index (κ1) is 19.6. The van der Waals surface area contributed by atoms with E-state index in [-0.39, 0.29) is 11.5 Å². The van der Waals surface area contributed by atoms with Gasteiger partial charge < -0.3 is 14.8 Å². The second kappa shape index (κ2) is 7.83. The van der Waals surface area contributed by atoms with E-state index in [0.29, 0.717) is 17.0 Å². The summed E-state index contributed by atoms with van der Waals surface area (Å²) in [5.41, 5.74) is 1.40. The van der Waals surface area contributed by atoms with Gasteiger partial charge in [-0.25, -0.2) is 18.4 Å². The van der Waals surface area contributed by atoms with E-state index in [9.17, 15) is 18.0 Å². The van der Waals surface area contributed by atoms with E-state index in [2.05, 4.69) is 5.32 Å². The molecule has 2 aromatic rings. The van der Waals surface area contributed by atoms with E-state index in [1.165, 1.54) is 31.2 Å². The molecule has 146 valence electrons. The van der Waals surface area contributed by atoms with Crippen LogP contribution in [-0.2, 0) is 24.3 Å². The monoisotopic (exact) mass is 402 g/mol. The number of para-hydroxylation sites is 1. The number of carbonyl (C=O) groups excluding carboxylic acids is 2. The molecule has 1 aliphatic rings. The van der Waals surface area contributed by atoms with Crippen LogP contribution >= 0.6 is 0 Å². The molecular formula is C19H18N2O6S. The molecule has 1 atom stereocenters. The smallest absolute Gasteiger partial charge is 0.338 e. The van der Waals surface area contributed by atoms with Crippen LogP contribution in [-0.4, -0.2) is 33.0 Å². The summed E-state index contributed by atoms with van der Waals surface area (Å²) in [6.45, 7) is 1.49. The number of carbonyl (C=O) groups is 2. The van der Waals surface area contributed by atoms with Gasteiger partial charge in [0, 0.05) is 11.3 Å². The Kier molecular flexibility index (Phi) is 5.48. The predicted molar refractivity (Wildman–Crippen MR) is 102 cm³/mol. The van der Waals surface area contributed by atoms with Crippen LogP contribution in [0.5, 0.6) is 5.75 Å². The minimum absolute atomic E-state index is 0.0548. The molecule has 28 heavy (non-hydrogen) atoms. The summed E-state index contributed by atoms with van der Waals surface area (Å²) in [6, 6.07) is 12.6. The summed E-state index contributed by atoms with van der Waals surface area (Å²) in [5.74, 6) is -0.538. The van der Waals surface area contributed by atoms with Crippen molar-refractivity contribution in [3.63, 3.8) is 0 Å². The Hall–Kier alpha value is -3.17. The van der Waals surface area contributed by atoms with Crippen molar-refractivity contribution in [2.24, 2.45) is 5.14 Å². The van der Waals surface area contributed by atoms with Gasteiger partial charge in [0.15, 0.2) is 6.10 Å². The number of rotatable bonds is 5. The van der Waals surface area contributed by atoms with Crippen molar-refractivity contribution < 1.29 is 27.5 Å². The molecule has 0 saturated carbocycles. The molecule has 0 unspecified atom stereocenters. The van der Waals surface area contributed by atoms with Gasteiger partial charge in [-0.15, -0.1) is 0 Å². The van der Waals surface area contributed by atoms with Crippen LogP contribution in [0.25, 0.3) is 6.08 Å². The van der Waals surface area contributed by atoms with Crippen molar-refractivity contribution in [2.45, 2.75) is 17.9 Å². The summed E-state index contributed by atoms with van der Waals surface area (Å²) >= 11 is 0. The van der Waals surface area contributed by atoms with E-state index in [4.69, 9.17) is 14.6 Å². The van der Waals surface area contributed by atoms with Gasteiger partial charge in [0.25, 0.3) is 5.91 Å². The Labute approximate surface area is 162 Å². The topological polar surface area (TPSA) is 125 Å². The van der Waals surface area contributed by atoms with Gasteiger partial charge in [0.2, 0.25) is 10.0 Å². The minimum Gasteiger partial charge on any atom is -0.488 e. The first-order valence-electron chi connectivity index (χ1n) is 8.31. The fraction of sp³-hybridized carbons (Fsp3) is 0.158. The van der Waals surface area contributed by atoms with Gasteiger partial charge >= 0.3 is 5.97 Å². The van der Waals surface area contributed by atoms with Crippen molar-refractivity contribution in [1.29, 1.82) is 0 Å². The second-order valence-electron chi connectivity index (χ2n) is 6.10. The Balaban J connectivity index is 1.61. The summed E-state index contributed by atoms with van der Waals surface area (Å²) < 4.78 is 33.2. The fourth-order valence-corrected chi connectivity index (χ4v) is 3.01. The Morgan fingerprint density at radius 1 is 1.14 bits per heavy atom. The lowest BCUT2D eigenvalue weighted by Gasteiger charge is -2.19. The first-order chi connectivity index (χ1) is 13.2. The summed E-state index contributed by atoms with van der Waals surface area (Å²) in [6.07, 6.45) is 0.598. The van der Waals surface area contributed by atoms with E-state index < -0.39 is 28.0 Å². The molecule has 1 amide bonds. The lowest BCUT2D eigenvalue weighted by molar-refractivity contribution is -0.149. The maximum absolute atomic E-state index is 12.3. The molecule has 0 radical (unpaired) electrons. The molecule has 8 nitrogen and oxygen atoms in total. The number of benzene rings is 2. The molecule has 0 saturated heterocycles. The van der Waals surface area contributed by atoms with Crippen molar-refractivity contribution in [1.82, 2.24) is 0 Å². The molecule has 1 aliphatic heterocycles. The Bertz CT molecular complexity index is 1040. The van der Waals surface area contributed by atoms with Crippen LogP contribution in [0.1, 0.15) is 12.5 Å². The number of anilines is 1. The van der Waals surface area contributed by atoms with Crippen LogP contribution in [0.2, 0.25) is 0 Å². The van der Waals surface area contributed by atoms with Crippen LogP contribution < -0.4 is 15.2 Å². The zero-order chi connectivity index (χ0) is 20.3. The molecule has 2 aromatic carbocycles. The van der Waals surface area contributed by atoms with Gasteiger partial charge in [-0.3, -0.25) is 4.79 Å². The molecular weight excluding hydrogens is 384 g/mol. The lowest BCUT2D eigenvalue weighted by atomic mass is 10.1. The zero-order valence-corrected chi connectivity index (χ0v) is 15.7. The SMILES string of the molecule is C[C@H](OC(=O)C1=Cc2ccccc2OC1)C(=O)Nc1ccc(S(N)(=O)=O)cc1. The number of hydrogen-bond donors (Lipinski definition) is 2. The number of nitrogens with two attached hydrogens (primary N) is 1. The molecule has 0 fully saturated rings. The van der Waals surface area contributed by atoms with Gasteiger partial charge in [-0.2, -0.15) is 0 Å². The molecule has 0 bridgehead atoms. The third-order valence-corrected chi connectivity index (χ3v) is 4.93. The van der Waals surface area contributed by atoms with Crippen LogP contribution in [0.15, 0.2) is 59.0 Å². The summed E-state index contributed by atoms with van der Waals surface area (Å²) in [4.78, 5) is 24.5. The summed E-state index contributed by atoms with van der Waals surface area (Å²) in [7, 11) is -3.81. The van der Waals surface area contributed by atoms with Gasteiger partial charge in [0.05, 0.1) is 10.5 Å². The van der Waals surface area contributed by atoms with E-state index in [0.717, 1.165) is 5.56 Å². The number of nitrogens with one attached hydrogen (secondary N) is 1. The maximum atomic E-state index is 12.3. The summed E-state index contributed by atoms with van der Waals surface area (Å²) in [5, 5.41) is 7.57. The minimum atomic E-state index is -3.81. The highest BCUT2D eigenvalue weighted by Crippen LogP contribution is 2.26. The van der Waals surface area contributed by atoms with Crippen molar-refractivity contribution in [3.8, 4) is 5.75 Å². The Morgan fingerprint density at radius 3 is 2.50 bits per heavy atom. The lowest BCUT2D eigenvalue weighted by Crippen LogP contribution is -2.31. The highest BCUT2D eigenvalue weighted by Gasteiger charge is 2.23. The fourth-order valence-electron chi connectivity index (χ4n) is 2.50. The first-order valence-corrected chi connectivity index (χ1v) is 9.86. The average molecular weight is 402 g/mol. The molecule has 0 aromatic heterocycles. The Morgan fingerprint density at radius 2 is 1.82 bits per heavy atom. The molecule has 0 aliphatic carbocycles. The molecule has 1 heterocycles. The normalized spacial score (nSPS) is 14.1. The van der Waals surface area contributed by atoms with Crippen molar-refractivity contribution >= 4 is 33.7 Å². The largest absolute Gasteiger partial charge is 0.488 e. The second-order valence-corrected chi connectivity index (χ2v) is 7.66. The maximum Gasteiger partial charge on any atom is 0.338 e. The number of sulfonamides is 1. The van der Waals surface area contributed by atoms with E-state index in [1.54, 1.807) is 12.1 Å². The number of esters is 1. The van der Waals surface area contributed by atoms with Crippen LogP contribution in [0, 0.1) is 0 Å².